The number of ketones is 1. The molecule has 2 heterocycles. The van der Waals surface area contributed by atoms with E-state index in [2.05, 4.69) is 4.90 Å². The zero-order chi connectivity index (χ0) is 14.1. The van der Waals surface area contributed by atoms with E-state index in [1.54, 1.807) is 12.1 Å². The Labute approximate surface area is 116 Å². The minimum Gasteiger partial charge on any atom is -0.378 e. The van der Waals surface area contributed by atoms with Crippen LogP contribution in [0, 0.1) is 10.1 Å². The van der Waals surface area contributed by atoms with Gasteiger partial charge in [0.05, 0.1) is 18.1 Å². The number of nitrogens with zero attached hydrogens (tertiary/aromatic N) is 2. The molecule has 2 atom stereocenters. The summed E-state index contributed by atoms with van der Waals surface area (Å²) in [5.74, 6) is 0.290. The molecule has 2 fully saturated rings. The van der Waals surface area contributed by atoms with Crippen LogP contribution >= 0.6 is 0 Å². The Balaban J connectivity index is 1.78. The number of fused-ring (bicyclic) bond motifs is 2. The van der Waals surface area contributed by atoms with Gasteiger partial charge >= 0.3 is 0 Å². The summed E-state index contributed by atoms with van der Waals surface area (Å²) in [6, 6.07) is 6.90. The summed E-state index contributed by atoms with van der Waals surface area (Å²) in [7, 11) is 0. The lowest BCUT2D eigenvalue weighted by atomic mass is 9.92. The van der Waals surface area contributed by atoms with Crippen molar-refractivity contribution < 1.29 is 14.5 Å². The molecule has 6 nitrogen and oxygen atoms in total. The number of ether oxygens (including phenoxy) is 1. The van der Waals surface area contributed by atoms with Crippen LogP contribution in [0.2, 0.25) is 0 Å². The van der Waals surface area contributed by atoms with Crippen molar-refractivity contribution in [1.29, 1.82) is 0 Å². The maximum Gasteiger partial charge on any atom is 0.269 e. The number of nitro benzene ring substituents is 1. The molecular formula is C14H16N2O4. The molecule has 106 valence electrons. The fourth-order valence-electron chi connectivity index (χ4n) is 3.03. The average molecular weight is 276 g/mol. The number of carbonyl (C=O) groups excluding carboxylic acids is 1. The van der Waals surface area contributed by atoms with Gasteiger partial charge in [-0.2, -0.15) is 0 Å². The minimum absolute atomic E-state index is 0.106. The van der Waals surface area contributed by atoms with Gasteiger partial charge in [0.25, 0.3) is 5.69 Å². The van der Waals surface area contributed by atoms with Crippen LogP contribution in [0.4, 0.5) is 5.69 Å². The van der Waals surface area contributed by atoms with Gasteiger partial charge in [0.1, 0.15) is 5.78 Å². The van der Waals surface area contributed by atoms with E-state index in [0.717, 1.165) is 5.56 Å². The Morgan fingerprint density at radius 2 is 2.00 bits per heavy atom. The van der Waals surface area contributed by atoms with Crippen LogP contribution in [0.25, 0.3) is 0 Å². The summed E-state index contributed by atoms with van der Waals surface area (Å²) in [5, 5.41) is 10.8. The summed E-state index contributed by atoms with van der Waals surface area (Å²) in [4.78, 5) is 24.3. The van der Waals surface area contributed by atoms with E-state index < -0.39 is 0 Å². The maximum atomic E-state index is 11.6. The molecular weight excluding hydrogens is 260 g/mol. The van der Waals surface area contributed by atoms with Crippen LogP contribution in [0.15, 0.2) is 24.3 Å². The van der Waals surface area contributed by atoms with Crippen molar-refractivity contribution in [3.05, 3.63) is 39.9 Å². The van der Waals surface area contributed by atoms with E-state index in [-0.39, 0.29) is 22.7 Å². The number of carbonyl (C=O) groups is 1. The third kappa shape index (κ3) is 2.57. The topological polar surface area (TPSA) is 72.7 Å². The van der Waals surface area contributed by atoms with Crippen LogP contribution in [0.5, 0.6) is 0 Å². The second kappa shape index (κ2) is 5.30. The molecule has 1 aromatic rings. The second-order valence-corrected chi connectivity index (χ2v) is 5.39. The van der Waals surface area contributed by atoms with Gasteiger partial charge in [-0.3, -0.25) is 19.8 Å². The van der Waals surface area contributed by atoms with Crippen molar-refractivity contribution in [1.82, 2.24) is 4.90 Å². The number of non-ortho nitro benzene ring substituents is 1. The van der Waals surface area contributed by atoms with Crippen molar-refractivity contribution in [2.45, 2.75) is 31.5 Å². The molecule has 0 amide bonds. The molecule has 6 heteroatoms. The number of hydrogen-bond acceptors (Lipinski definition) is 5. The van der Waals surface area contributed by atoms with E-state index in [4.69, 9.17) is 4.74 Å². The van der Waals surface area contributed by atoms with Crippen LogP contribution < -0.4 is 0 Å². The monoisotopic (exact) mass is 276 g/mol. The van der Waals surface area contributed by atoms with E-state index in [1.165, 1.54) is 6.07 Å². The highest BCUT2D eigenvalue weighted by molar-refractivity contribution is 5.80. The number of nitro groups is 1. The molecule has 1 aromatic carbocycles. The molecule has 2 unspecified atom stereocenters. The first-order valence-electron chi connectivity index (χ1n) is 6.72. The van der Waals surface area contributed by atoms with Crippen LogP contribution in [0.3, 0.4) is 0 Å². The third-order valence-corrected chi connectivity index (χ3v) is 3.97. The molecule has 2 bridgehead atoms. The molecule has 2 aliphatic heterocycles. The van der Waals surface area contributed by atoms with Crippen LogP contribution in [-0.4, -0.2) is 40.9 Å². The van der Waals surface area contributed by atoms with Gasteiger partial charge in [-0.15, -0.1) is 0 Å². The fourth-order valence-corrected chi connectivity index (χ4v) is 3.03. The standard InChI is InChI=1S/C14H16N2O4/c17-14-5-12-8-20-9-13(6-14)15(12)7-10-2-1-3-11(4-10)16(18)19/h1-4,12-13H,5-9H2. The summed E-state index contributed by atoms with van der Waals surface area (Å²) < 4.78 is 5.51. The average Bonchev–Trinajstić information content (AvgIpc) is 2.40. The van der Waals surface area contributed by atoms with Gasteiger partial charge in [0.2, 0.25) is 0 Å². The van der Waals surface area contributed by atoms with Crippen molar-refractivity contribution in [2.24, 2.45) is 0 Å². The molecule has 2 saturated heterocycles. The van der Waals surface area contributed by atoms with Gasteiger partial charge in [-0.05, 0) is 5.56 Å². The highest BCUT2D eigenvalue weighted by Gasteiger charge is 2.38. The normalized spacial score (nSPS) is 26.5. The van der Waals surface area contributed by atoms with Crippen molar-refractivity contribution in [3.63, 3.8) is 0 Å². The lowest BCUT2D eigenvalue weighted by Gasteiger charge is -2.45. The van der Waals surface area contributed by atoms with Crippen molar-refractivity contribution in [2.75, 3.05) is 13.2 Å². The predicted molar refractivity (Wildman–Crippen MR) is 71.3 cm³/mol. The lowest BCUT2D eigenvalue weighted by Crippen LogP contribution is -2.56. The molecule has 0 saturated carbocycles. The molecule has 0 aromatic heterocycles. The quantitative estimate of drug-likeness (QED) is 0.618. The molecule has 3 rings (SSSR count). The van der Waals surface area contributed by atoms with Gasteiger partial charge in [-0.25, -0.2) is 0 Å². The Kier molecular flexibility index (Phi) is 3.50. The summed E-state index contributed by atoms with van der Waals surface area (Å²) in [5.41, 5.74) is 1.02. The number of benzene rings is 1. The number of Topliss-reactive ketones (excluding diaryl/α,β-unsaturated/α-hetero) is 1. The molecule has 20 heavy (non-hydrogen) atoms. The number of morpholine rings is 1. The van der Waals surface area contributed by atoms with Crippen LogP contribution in [0.1, 0.15) is 18.4 Å². The first-order chi connectivity index (χ1) is 9.63. The van der Waals surface area contributed by atoms with Crippen molar-refractivity contribution >= 4 is 11.5 Å². The van der Waals surface area contributed by atoms with Gasteiger partial charge in [-0.1, -0.05) is 12.1 Å². The zero-order valence-corrected chi connectivity index (χ0v) is 11.0. The Morgan fingerprint density at radius 3 is 2.65 bits per heavy atom. The number of hydrogen-bond donors (Lipinski definition) is 0. The maximum absolute atomic E-state index is 11.6. The molecule has 0 aliphatic carbocycles. The number of rotatable bonds is 3. The predicted octanol–water partition coefficient (Wildman–Crippen LogP) is 1.53. The highest BCUT2D eigenvalue weighted by atomic mass is 16.6. The Bertz CT molecular complexity index is 530. The van der Waals surface area contributed by atoms with Gasteiger partial charge in [0, 0.05) is 43.6 Å². The van der Waals surface area contributed by atoms with E-state index in [9.17, 15) is 14.9 Å². The number of piperidine rings is 1. The highest BCUT2D eigenvalue weighted by Crippen LogP contribution is 2.27. The largest absolute Gasteiger partial charge is 0.378 e. The molecule has 0 spiro atoms. The SMILES string of the molecule is O=C1CC2COCC(C1)N2Cc1cccc([N+](=O)[O-])c1. The Hall–Kier alpha value is -1.79. The third-order valence-electron chi connectivity index (χ3n) is 3.97. The summed E-state index contributed by atoms with van der Waals surface area (Å²) in [6.45, 7) is 1.77. The van der Waals surface area contributed by atoms with E-state index >= 15 is 0 Å². The van der Waals surface area contributed by atoms with Crippen LogP contribution in [-0.2, 0) is 16.1 Å². The van der Waals surface area contributed by atoms with Gasteiger partial charge in [0.15, 0.2) is 0 Å². The first kappa shape index (κ1) is 13.2. The fraction of sp³-hybridized carbons (Fsp3) is 0.500. The summed E-state index contributed by atoms with van der Waals surface area (Å²) in [6.07, 6.45) is 1.04. The van der Waals surface area contributed by atoms with Crippen molar-refractivity contribution in [3.8, 4) is 0 Å². The Morgan fingerprint density at radius 1 is 1.30 bits per heavy atom. The van der Waals surface area contributed by atoms with E-state index in [1.807, 2.05) is 6.07 Å². The van der Waals surface area contributed by atoms with Gasteiger partial charge < -0.3 is 4.74 Å². The van der Waals surface area contributed by atoms with E-state index in [0.29, 0.717) is 38.4 Å². The minimum atomic E-state index is -0.382. The molecule has 0 radical (unpaired) electrons. The lowest BCUT2D eigenvalue weighted by molar-refractivity contribution is -0.384. The molecule has 0 N–H and O–H groups in total. The summed E-state index contributed by atoms with van der Waals surface area (Å²) >= 11 is 0. The second-order valence-electron chi connectivity index (χ2n) is 5.39. The zero-order valence-electron chi connectivity index (χ0n) is 11.0. The molecule has 2 aliphatic rings. The smallest absolute Gasteiger partial charge is 0.269 e. The first-order valence-corrected chi connectivity index (χ1v) is 6.72.